The molecule has 0 saturated heterocycles. The molecule has 0 spiro atoms. The van der Waals surface area contributed by atoms with Gasteiger partial charge in [0.15, 0.2) is 5.82 Å². The molecule has 0 saturated carbocycles. The maximum atomic E-state index is 12.7. The number of aryl methyl sites for hydroxylation is 1. The van der Waals surface area contributed by atoms with E-state index in [1.54, 1.807) is 17.1 Å². The highest BCUT2D eigenvalue weighted by Gasteiger charge is 2.33. The molecule has 1 aliphatic heterocycles. The van der Waals surface area contributed by atoms with Gasteiger partial charge < -0.3 is 15.5 Å². The number of hydrogen-bond donors (Lipinski definition) is 2. The summed E-state index contributed by atoms with van der Waals surface area (Å²) in [7, 11) is 1.84. The summed E-state index contributed by atoms with van der Waals surface area (Å²) in [5.41, 5.74) is 1.79. The molecule has 3 aromatic rings. The molecule has 0 fully saturated rings. The Labute approximate surface area is 188 Å². The molecular weight excluding hydrogens is 437 g/mol. The molecule has 1 amide bonds. The topological polar surface area (TPSA) is 101 Å². The van der Waals surface area contributed by atoms with Crippen LogP contribution in [0.2, 0.25) is 0 Å². The molecule has 1 atom stereocenters. The van der Waals surface area contributed by atoms with Crippen LogP contribution in [-0.2, 0) is 24.1 Å². The van der Waals surface area contributed by atoms with Gasteiger partial charge in [0, 0.05) is 31.5 Å². The Bertz CT molecular complexity index is 1160. The fourth-order valence-electron chi connectivity index (χ4n) is 3.67. The molecule has 1 aliphatic rings. The van der Waals surface area contributed by atoms with Gasteiger partial charge in [0.2, 0.25) is 11.9 Å². The molecule has 4 rings (SSSR count). The van der Waals surface area contributed by atoms with E-state index in [0.29, 0.717) is 48.2 Å². The minimum Gasteiger partial charge on any atom is -0.350 e. The number of fused-ring (bicyclic) bond motifs is 1. The molecule has 33 heavy (non-hydrogen) atoms. The van der Waals surface area contributed by atoms with Crippen molar-refractivity contribution in [3.63, 3.8) is 0 Å². The van der Waals surface area contributed by atoms with Crippen LogP contribution in [-0.4, -0.2) is 43.7 Å². The molecular formula is C21H23F3N8O. The number of alkyl halides is 3. The third-order valence-electron chi connectivity index (χ3n) is 5.41. The van der Waals surface area contributed by atoms with Crippen molar-refractivity contribution in [1.29, 1.82) is 0 Å². The molecule has 4 heterocycles. The van der Waals surface area contributed by atoms with E-state index < -0.39 is 11.9 Å². The van der Waals surface area contributed by atoms with Crippen LogP contribution in [0.15, 0.2) is 30.7 Å². The zero-order valence-electron chi connectivity index (χ0n) is 18.3. The second-order valence-corrected chi connectivity index (χ2v) is 7.80. The summed E-state index contributed by atoms with van der Waals surface area (Å²) in [6.45, 7) is 4.44. The number of nitrogens with one attached hydrogen (secondary N) is 2. The van der Waals surface area contributed by atoms with Crippen LogP contribution in [0.5, 0.6) is 0 Å². The highest BCUT2D eigenvalue weighted by Crippen LogP contribution is 2.33. The maximum Gasteiger partial charge on any atom is 0.433 e. The Morgan fingerprint density at radius 2 is 1.97 bits per heavy atom. The zero-order chi connectivity index (χ0) is 23.8. The summed E-state index contributed by atoms with van der Waals surface area (Å²) in [6.07, 6.45) is 0.842. The number of carbonyl (C=O) groups excluding carboxylic acids is 1. The third kappa shape index (κ3) is 4.73. The molecule has 0 bridgehead atoms. The van der Waals surface area contributed by atoms with E-state index in [1.807, 2.05) is 25.8 Å². The van der Waals surface area contributed by atoms with Gasteiger partial charge in [-0.15, -0.1) is 0 Å². The molecule has 0 aromatic carbocycles. The molecule has 3 aromatic heterocycles. The van der Waals surface area contributed by atoms with Crippen LogP contribution in [0.25, 0.3) is 0 Å². The smallest absolute Gasteiger partial charge is 0.350 e. The van der Waals surface area contributed by atoms with Gasteiger partial charge in [0.05, 0.1) is 18.4 Å². The Morgan fingerprint density at radius 3 is 2.64 bits per heavy atom. The monoisotopic (exact) mass is 460 g/mol. The number of halogens is 3. The van der Waals surface area contributed by atoms with Gasteiger partial charge >= 0.3 is 6.18 Å². The predicted octanol–water partition coefficient (Wildman–Crippen LogP) is 3.22. The highest BCUT2D eigenvalue weighted by molar-refractivity contribution is 6.03. The van der Waals surface area contributed by atoms with E-state index in [4.69, 9.17) is 0 Å². The van der Waals surface area contributed by atoms with Gasteiger partial charge in [-0.1, -0.05) is 13.0 Å². The fraction of sp³-hybridized carbons (Fsp3) is 0.381. The molecule has 0 aliphatic carbocycles. The summed E-state index contributed by atoms with van der Waals surface area (Å²) < 4.78 is 39.6. The van der Waals surface area contributed by atoms with Gasteiger partial charge in [-0.2, -0.15) is 23.3 Å². The fourth-order valence-corrected chi connectivity index (χ4v) is 3.67. The molecule has 0 unspecified atom stereocenters. The lowest BCUT2D eigenvalue weighted by molar-refractivity contribution is -0.141. The van der Waals surface area contributed by atoms with Crippen molar-refractivity contribution in [3.05, 3.63) is 53.2 Å². The third-order valence-corrected chi connectivity index (χ3v) is 5.41. The lowest BCUT2D eigenvalue weighted by Gasteiger charge is -2.34. The minimum atomic E-state index is -4.46. The Morgan fingerprint density at radius 1 is 1.18 bits per heavy atom. The van der Waals surface area contributed by atoms with E-state index >= 15 is 0 Å². The van der Waals surface area contributed by atoms with Gasteiger partial charge in [-0.3, -0.25) is 14.5 Å². The highest BCUT2D eigenvalue weighted by atomic mass is 19.4. The number of carbonyl (C=O) groups is 1. The molecule has 9 nitrogen and oxygen atoms in total. The Balaban J connectivity index is 1.42. The first-order valence-corrected chi connectivity index (χ1v) is 10.4. The summed E-state index contributed by atoms with van der Waals surface area (Å²) in [5.74, 6) is 1.00. The number of pyridine rings is 1. The van der Waals surface area contributed by atoms with E-state index in [-0.39, 0.29) is 11.9 Å². The average molecular weight is 460 g/mol. The largest absolute Gasteiger partial charge is 0.433 e. The number of aromatic nitrogens is 5. The number of nitrogens with zero attached hydrogens (tertiary/aromatic N) is 6. The summed E-state index contributed by atoms with van der Waals surface area (Å²) in [4.78, 5) is 26.6. The first kappa shape index (κ1) is 22.5. The molecule has 2 N–H and O–H groups in total. The molecule has 174 valence electrons. The van der Waals surface area contributed by atoms with Crippen molar-refractivity contribution in [1.82, 2.24) is 24.7 Å². The summed E-state index contributed by atoms with van der Waals surface area (Å²) >= 11 is 0. The van der Waals surface area contributed by atoms with E-state index in [9.17, 15) is 18.0 Å². The summed E-state index contributed by atoms with van der Waals surface area (Å²) in [5, 5.41) is 10.3. The minimum absolute atomic E-state index is 0.0735. The van der Waals surface area contributed by atoms with Crippen LogP contribution in [0.3, 0.4) is 0 Å². The standard InChI is InChI=1S/C21H23F3N8O/c1-4-15-19(33)29-17-12(2)28-20(30-18(17)31(15)3)26-8-14-9-27-32(11-14)10-13-5-6-16(25-7-13)21(22,23)24/h5-7,9,11,15H,4,8,10H2,1-3H3,(H,29,33)(H,26,28,30)/t15-/m1/s1. The van der Waals surface area contributed by atoms with E-state index in [2.05, 4.69) is 30.7 Å². The normalized spacial score (nSPS) is 15.9. The summed E-state index contributed by atoms with van der Waals surface area (Å²) in [6, 6.07) is 2.05. The first-order valence-electron chi connectivity index (χ1n) is 10.4. The van der Waals surface area contributed by atoms with Gasteiger partial charge in [-0.25, -0.2) is 4.98 Å². The van der Waals surface area contributed by atoms with Crippen molar-refractivity contribution >= 4 is 23.4 Å². The predicted molar refractivity (Wildman–Crippen MR) is 116 cm³/mol. The average Bonchev–Trinajstić information content (AvgIpc) is 3.20. The van der Waals surface area contributed by atoms with E-state index in [1.165, 1.54) is 12.3 Å². The van der Waals surface area contributed by atoms with Gasteiger partial charge in [0.25, 0.3) is 0 Å². The second-order valence-electron chi connectivity index (χ2n) is 7.80. The van der Waals surface area contributed by atoms with Crippen molar-refractivity contribution in [2.75, 3.05) is 22.6 Å². The van der Waals surface area contributed by atoms with Gasteiger partial charge in [0.1, 0.15) is 17.4 Å². The van der Waals surface area contributed by atoms with Crippen LogP contribution in [0.4, 0.5) is 30.6 Å². The molecule has 0 radical (unpaired) electrons. The number of hydrogen-bond acceptors (Lipinski definition) is 7. The number of anilines is 3. The van der Waals surface area contributed by atoms with Gasteiger partial charge in [-0.05, 0) is 25.0 Å². The van der Waals surface area contributed by atoms with Crippen molar-refractivity contribution in [2.24, 2.45) is 0 Å². The second kappa shape index (κ2) is 8.68. The van der Waals surface area contributed by atoms with Crippen molar-refractivity contribution in [3.8, 4) is 0 Å². The van der Waals surface area contributed by atoms with Crippen LogP contribution in [0.1, 0.15) is 35.9 Å². The Hall–Kier alpha value is -3.70. The lowest BCUT2D eigenvalue weighted by atomic mass is 10.1. The van der Waals surface area contributed by atoms with Crippen LogP contribution < -0.4 is 15.5 Å². The van der Waals surface area contributed by atoms with E-state index in [0.717, 1.165) is 11.6 Å². The van der Waals surface area contributed by atoms with Crippen LogP contribution >= 0.6 is 0 Å². The SMILES string of the molecule is CC[C@@H]1C(=O)Nc2c(C)nc(NCc3cnn(Cc4ccc(C(F)(F)F)nc4)c3)nc2N1C. The quantitative estimate of drug-likeness (QED) is 0.583. The first-order chi connectivity index (χ1) is 15.7. The Kier molecular flexibility index (Phi) is 5.91. The van der Waals surface area contributed by atoms with Crippen molar-refractivity contribution < 1.29 is 18.0 Å². The number of amides is 1. The number of rotatable bonds is 6. The number of likely N-dealkylation sites (N-methyl/N-ethyl adjacent to an activating group) is 1. The van der Waals surface area contributed by atoms with Crippen molar-refractivity contribution in [2.45, 2.75) is 45.6 Å². The zero-order valence-corrected chi connectivity index (χ0v) is 18.3. The molecule has 12 heteroatoms. The van der Waals surface area contributed by atoms with Crippen LogP contribution in [0, 0.1) is 6.92 Å². The maximum absolute atomic E-state index is 12.7. The lowest BCUT2D eigenvalue weighted by Crippen LogP contribution is -2.46.